The molecule has 9 heteroatoms. The van der Waals surface area contributed by atoms with E-state index < -0.39 is 0 Å². The van der Waals surface area contributed by atoms with E-state index in [9.17, 15) is 9.59 Å². The lowest BCUT2D eigenvalue weighted by Crippen LogP contribution is -2.22. The van der Waals surface area contributed by atoms with Crippen molar-refractivity contribution in [2.45, 2.75) is 27.2 Å². The fourth-order valence-electron chi connectivity index (χ4n) is 3.03. The Morgan fingerprint density at radius 2 is 1.90 bits per heavy atom. The van der Waals surface area contributed by atoms with Crippen molar-refractivity contribution >= 4 is 11.7 Å². The zero-order valence-corrected chi connectivity index (χ0v) is 17.0. The maximum atomic E-state index is 12.8. The number of aromatic amines is 1. The Morgan fingerprint density at radius 3 is 2.52 bits per heavy atom. The minimum absolute atomic E-state index is 0.222. The van der Waals surface area contributed by atoms with Crippen LogP contribution in [0.1, 0.15) is 34.2 Å². The highest BCUT2D eigenvalue weighted by Gasteiger charge is 2.17. The fourth-order valence-corrected chi connectivity index (χ4v) is 3.03. The molecule has 0 aliphatic carbocycles. The monoisotopic (exact) mass is 397 g/mol. The molecular weight excluding hydrogens is 374 g/mol. The van der Waals surface area contributed by atoms with Gasteiger partial charge in [0.2, 0.25) is 5.95 Å². The zero-order chi connectivity index (χ0) is 21.1. The van der Waals surface area contributed by atoms with Gasteiger partial charge < -0.3 is 14.8 Å². The van der Waals surface area contributed by atoms with E-state index in [4.69, 9.17) is 9.47 Å². The molecule has 0 radical (unpaired) electrons. The number of nitrogens with one attached hydrogen (secondary N) is 2. The van der Waals surface area contributed by atoms with Crippen LogP contribution in [0.4, 0.5) is 5.82 Å². The highest BCUT2D eigenvalue weighted by molar-refractivity contribution is 6.04. The highest BCUT2D eigenvalue weighted by Crippen LogP contribution is 2.28. The van der Waals surface area contributed by atoms with E-state index in [1.807, 2.05) is 6.92 Å². The van der Waals surface area contributed by atoms with E-state index in [0.717, 1.165) is 0 Å². The van der Waals surface area contributed by atoms with Gasteiger partial charge in [0.15, 0.2) is 11.5 Å². The van der Waals surface area contributed by atoms with E-state index in [-0.39, 0.29) is 17.4 Å². The summed E-state index contributed by atoms with van der Waals surface area (Å²) in [4.78, 5) is 32.2. The molecule has 1 amide bonds. The van der Waals surface area contributed by atoms with Gasteiger partial charge in [-0.05, 0) is 38.5 Å². The summed E-state index contributed by atoms with van der Waals surface area (Å²) in [5, 5.41) is 7.16. The summed E-state index contributed by atoms with van der Waals surface area (Å²) in [6.07, 6.45) is 0.579. The second kappa shape index (κ2) is 8.17. The number of aromatic nitrogens is 4. The molecule has 0 aliphatic heterocycles. The number of H-pyrrole nitrogens is 1. The SMILES string of the molecule is CCc1c(C)nc(-n2nc(C)cc2NC(=O)c2ccc(OC)c(OC)c2)[nH]c1=O. The molecule has 29 heavy (non-hydrogen) atoms. The molecule has 0 fully saturated rings. The number of ether oxygens (including phenoxy) is 2. The number of amides is 1. The maximum Gasteiger partial charge on any atom is 0.256 e. The van der Waals surface area contributed by atoms with Crippen LogP contribution in [0.25, 0.3) is 5.95 Å². The number of nitrogens with zero attached hydrogens (tertiary/aromatic N) is 3. The van der Waals surface area contributed by atoms with E-state index in [1.165, 1.54) is 18.9 Å². The van der Waals surface area contributed by atoms with Crippen LogP contribution in [-0.2, 0) is 6.42 Å². The van der Waals surface area contributed by atoms with E-state index in [2.05, 4.69) is 20.4 Å². The Balaban J connectivity index is 1.96. The van der Waals surface area contributed by atoms with Crippen molar-refractivity contribution in [3.63, 3.8) is 0 Å². The molecule has 0 saturated heterocycles. The highest BCUT2D eigenvalue weighted by atomic mass is 16.5. The Kier molecular flexibility index (Phi) is 5.67. The number of aryl methyl sites for hydroxylation is 2. The lowest BCUT2D eigenvalue weighted by molar-refractivity contribution is 0.102. The van der Waals surface area contributed by atoms with Gasteiger partial charge in [0.25, 0.3) is 11.5 Å². The van der Waals surface area contributed by atoms with Gasteiger partial charge in [-0.1, -0.05) is 6.92 Å². The Labute approximate surface area is 167 Å². The summed E-state index contributed by atoms with van der Waals surface area (Å²) in [7, 11) is 3.03. The number of carbonyl (C=O) groups excluding carboxylic acids is 1. The fraction of sp³-hybridized carbons (Fsp3) is 0.300. The van der Waals surface area contributed by atoms with Crippen molar-refractivity contribution in [1.82, 2.24) is 19.7 Å². The third kappa shape index (κ3) is 3.98. The van der Waals surface area contributed by atoms with Crippen LogP contribution in [0.2, 0.25) is 0 Å². The van der Waals surface area contributed by atoms with Crippen molar-refractivity contribution in [2.75, 3.05) is 19.5 Å². The predicted molar refractivity (Wildman–Crippen MR) is 108 cm³/mol. The van der Waals surface area contributed by atoms with Gasteiger partial charge in [-0.25, -0.2) is 4.98 Å². The third-order valence-electron chi connectivity index (χ3n) is 4.48. The van der Waals surface area contributed by atoms with Gasteiger partial charge in [0.05, 0.1) is 19.9 Å². The van der Waals surface area contributed by atoms with Crippen LogP contribution in [-0.4, -0.2) is 39.9 Å². The van der Waals surface area contributed by atoms with Crippen molar-refractivity contribution in [2.24, 2.45) is 0 Å². The molecule has 1 aromatic carbocycles. The zero-order valence-electron chi connectivity index (χ0n) is 17.0. The topological polar surface area (TPSA) is 111 Å². The smallest absolute Gasteiger partial charge is 0.256 e. The lowest BCUT2D eigenvalue weighted by Gasteiger charge is -2.11. The molecule has 0 saturated carbocycles. The number of hydrogen-bond donors (Lipinski definition) is 2. The summed E-state index contributed by atoms with van der Waals surface area (Å²) in [5.74, 6) is 1.23. The van der Waals surface area contributed by atoms with Crippen LogP contribution in [0, 0.1) is 13.8 Å². The van der Waals surface area contributed by atoms with Crippen LogP contribution in [0.3, 0.4) is 0 Å². The molecule has 9 nitrogen and oxygen atoms in total. The van der Waals surface area contributed by atoms with Crippen LogP contribution < -0.4 is 20.3 Å². The molecule has 0 atom stereocenters. The minimum atomic E-state index is -0.364. The number of methoxy groups -OCH3 is 2. The second-order valence-electron chi connectivity index (χ2n) is 6.41. The summed E-state index contributed by atoms with van der Waals surface area (Å²) in [6, 6.07) is 6.57. The molecule has 152 valence electrons. The molecule has 0 bridgehead atoms. The van der Waals surface area contributed by atoms with Gasteiger partial charge in [-0.2, -0.15) is 9.78 Å². The van der Waals surface area contributed by atoms with Crippen LogP contribution in [0.15, 0.2) is 29.1 Å². The van der Waals surface area contributed by atoms with E-state index >= 15 is 0 Å². The molecule has 3 rings (SSSR count). The van der Waals surface area contributed by atoms with Gasteiger partial charge in [-0.3, -0.25) is 14.6 Å². The van der Waals surface area contributed by atoms with Gasteiger partial charge >= 0.3 is 0 Å². The van der Waals surface area contributed by atoms with Crippen LogP contribution >= 0.6 is 0 Å². The summed E-state index contributed by atoms with van der Waals surface area (Å²) in [6.45, 7) is 5.45. The van der Waals surface area contributed by atoms with E-state index in [0.29, 0.717) is 46.3 Å². The maximum absolute atomic E-state index is 12.8. The average molecular weight is 397 g/mol. The normalized spacial score (nSPS) is 10.7. The predicted octanol–water partition coefficient (Wildman–Crippen LogP) is 2.40. The standard InChI is InChI=1S/C20H23N5O4/c1-6-14-12(3)21-20(23-19(14)27)25-17(9-11(2)24-25)22-18(26)13-7-8-15(28-4)16(10-13)29-5/h7-10H,6H2,1-5H3,(H,22,26)(H,21,23,27). The van der Waals surface area contributed by atoms with Gasteiger partial charge in [0.1, 0.15) is 5.82 Å². The number of benzene rings is 1. The van der Waals surface area contributed by atoms with Crippen molar-refractivity contribution in [3.8, 4) is 17.4 Å². The van der Waals surface area contributed by atoms with Crippen molar-refractivity contribution < 1.29 is 14.3 Å². The number of carbonyl (C=O) groups is 1. The summed E-state index contributed by atoms with van der Waals surface area (Å²) >= 11 is 0. The van der Waals surface area contributed by atoms with E-state index in [1.54, 1.807) is 38.1 Å². The summed E-state index contributed by atoms with van der Waals surface area (Å²) in [5.41, 5.74) is 2.06. The molecule has 2 N–H and O–H groups in total. The number of rotatable bonds is 6. The van der Waals surface area contributed by atoms with Crippen molar-refractivity contribution in [1.29, 1.82) is 0 Å². The quantitative estimate of drug-likeness (QED) is 0.661. The first-order valence-electron chi connectivity index (χ1n) is 9.08. The lowest BCUT2D eigenvalue weighted by atomic mass is 10.2. The molecule has 2 heterocycles. The van der Waals surface area contributed by atoms with Gasteiger partial charge in [0, 0.05) is 22.9 Å². The van der Waals surface area contributed by atoms with Gasteiger partial charge in [-0.15, -0.1) is 0 Å². The molecule has 3 aromatic rings. The Hall–Kier alpha value is -3.62. The Morgan fingerprint density at radius 1 is 1.17 bits per heavy atom. The number of anilines is 1. The summed E-state index contributed by atoms with van der Waals surface area (Å²) < 4.78 is 11.9. The largest absolute Gasteiger partial charge is 0.493 e. The molecular formula is C20H23N5O4. The second-order valence-corrected chi connectivity index (χ2v) is 6.41. The first-order chi connectivity index (χ1) is 13.9. The van der Waals surface area contributed by atoms with Crippen molar-refractivity contribution in [3.05, 3.63) is 57.1 Å². The minimum Gasteiger partial charge on any atom is -0.493 e. The molecule has 0 spiro atoms. The Bertz CT molecular complexity index is 1120. The molecule has 0 aliphatic rings. The molecule has 0 unspecified atom stereocenters. The third-order valence-corrected chi connectivity index (χ3v) is 4.48. The first kappa shape index (κ1) is 20.1. The first-order valence-corrected chi connectivity index (χ1v) is 9.08. The molecule has 2 aromatic heterocycles. The average Bonchev–Trinajstić information content (AvgIpc) is 3.07. The number of hydrogen-bond acceptors (Lipinski definition) is 6. The van der Waals surface area contributed by atoms with Crippen LogP contribution in [0.5, 0.6) is 11.5 Å².